The third kappa shape index (κ3) is 11.4. The van der Waals surface area contributed by atoms with Gasteiger partial charge in [-0.1, -0.05) is 44.3 Å². The molecule has 0 radical (unpaired) electrons. The van der Waals surface area contributed by atoms with Gasteiger partial charge in [0.05, 0.1) is 6.42 Å². The molecular weight excluding hydrogens is 228 g/mol. The fraction of sp³-hybridized carbons (Fsp3) is 0.733. The lowest BCUT2D eigenvalue weighted by molar-refractivity contribution is -0.147. The number of ether oxygens (including phenoxy) is 1. The zero-order valence-electron chi connectivity index (χ0n) is 12.0. The Kier molecular flexibility index (Phi) is 10.3. The van der Waals surface area contributed by atoms with Crippen LogP contribution in [0.4, 0.5) is 0 Å². The highest BCUT2D eigenvalue weighted by molar-refractivity contribution is 5.82. The van der Waals surface area contributed by atoms with Crippen LogP contribution in [0.5, 0.6) is 0 Å². The summed E-state index contributed by atoms with van der Waals surface area (Å²) in [6.07, 6.45) is 8.20. The molecule has 3 nitrogen and oxygen atoms in total. The number of hydrogen-bond donors (Lipinski definition) is 0. The van der Waals surface area contributed by atoms with Crippen molar-refractivity contribution in [3.63, 3.8) is 0 Å². The maximum absolute atomic E-state index is 11.4. The number of Topliss-reactive ketones (excluding diaryl/α,β-unsaturated/α-hetero) is 1. The van der Waals surface area contributed by atoms with Gasteiger partial charge < -0.3 is 4.74 Å². The third-order valence-corrected chi connectivity index (χ3v) is 2.63. The van der Waals surface area contributed by atoms with Gasteiger partial charge in [-0.3, -0.25) is 9.59 Å². The Balaban J connectivity index is 3.52. The van der Waals surface area contributed by atoms with Crippen molar-refractivity contribution in [2.45, 2.75) is 65.7 Å². The molecule has 0 heterocycles. The molecule has 0 saturated carbocycles. The monoisotopic (exact) mass is 254 g/mol. The smallest absolute Gasteiger partial charge is 0.310 e. The molecule has 0 saturated heterocycles. The lowest BCUT2D eigenvalue weighted by Crippen LogP contribution is -2.13. The summed E-state index contributed by atoms with van der Waals surface area (Å²) in [7, 11) is 0. The fourth-order valence-corrected chi connectivity index (χ4v) is 1.51. The summed E-state index contributed by atoms with van der Waals surface area (Å²) in [4.78, 5) is 22.7. The zero-order chi connectivity index (χ0) is 13.8. The van der Waals surface area contributed by atoms with E-state index in [1.54, 1.807) is 6.08 Å². The van der Waals surface area contributed by atoms with Crippen molar-refractivity contribution in [1.29, 1.82) is 0 Å². The minimum absolute atomic E-state index is 0.0250. The second kappa shape index (κ2) is 11.0. The van der Waals surface area contributed by atoms with Crippen LogP contribution in [0.2, 0.25) is 0 Å². The summed E-state index contributed by atoms with van der Waals surface area (Å²) in [5, 5.41) is 0. The van der Waals surface area contributed by atoms with E-state index in [0.717, 1.165) is 18.4 Å². The summed E-state index contributed by atoms with van der Waals surface area (Å²) in [5.74, 6) is -0.299. The van der Waals surface area contributed by atoms with Crippen LogP contribution in [0.25, 0.3) is 0 Å². The van der Waals surface area contributed by atoms with E-state index in [-0.39, 0.29) is 24.8 Å². The van der Waals surface area contributed by atoms with Gasteiger partial charge >= 0.3 is 5.97 Å². The number of esters is 1. The molecule has 3 heteroatoms. The van der Waals surface area contributed by atoms with Crippen LogP contribution in [0, 0.1) is 0 Å². The number of hydrogen-bond acceptors (Lipinski definition) is 3. The predicted octanol–water partition coefficient (Wildman–Crippen LogP) is 3.82. The highest BCUT2D eigenvalue weighted by Crippen LogP contribution is 2.05. The molecule has 18 heavy (non-hydrogen) atoms. The van der Waals surface area contributed by atoms with E-state index in [2.05, 4.69) is 6.92 Å². The van der Waals surface area contributed by atoms with Crippen molar-refractivity contribution >= 4 is 11.8 Å². The van der Waals surface area contributed by atoms with Gasteiger partial charge in [0.1, 0.15) is 6.61 Å². The Morgan fingerprint density at radius 1 is 1.06 bits per heavy atom. The molecule has 0 atom stereocenters. The standard InChI is InChI=1S/C15H26O3/c1-4-5-6-7-8-9-14(16)12-18-15(17)11-10-13(2)3/h10H,4-9,11-12H2,1-3H3. The fourth-order valence-electron chi connectivity index (χ4n) is 1.51. The van der Waals surface area contributed by atoms with E-state index in [1.165, 1.54) is 19.3 Å². The van der Waals surface area contributed by atoms with Crippen molar-refractivity contribution in [2.75, 3.05) is 6.61 Å². The Hall–Kier alpha value is -1.12. The first kappa shape index (κ1) is 16.9. The largest absolute Gasteiger partial charge is 0.457 e. The van der Waals surface area contributed by atoms with Gasteiger partial charge in [-0.15, -0.1) is 0 Å². The number of ketones is 1. The van der Waals surface area contributed by atoms with Gasteiger partial charge in [0.25, 0.3) is 0 Å². The lowest BCUT2D eigenvalue weighted by Gasteiger charge is -2.03. The number of carbonyl (C=O) groups is 2. The summed E-state index contributed by atoms with van der Waals surface area (Å²) in [5.41, 5.74) is 1.08. The van der Waals surface area contributed by atoms with E-state index in [1.807, 2.05) is 13.8 Å². The Morgan fingerprint density at radius 3 is 2.33 bits per heavy atom. The van der Waals surface area contributed by atoms with Gasteiger partial charge in [-0.2, -0.15) is 0 Å². The number of carbonyl (C=O) groups excluding carboxylic acids is 2. The third-order valence-electron chi connectivity index (χ3n) is 2.63. The molecule has 0 aliphatic carbocycles. The van der Waals surface area contributed by atoms with Gasteiger partial charge in [0.2, 0.25) is 0 Å². The van der Waals surface area contributed by atoms with Crippen LogP contribution >= 0.6 is 0 Å². The van der Waals surface area contributed by atoms with E-state index in [9.17, 15) is 9.59 Å². The van der Waals surface area contributed by atoms with Gasteiger partial charge in [-0.25, -0.2) is 0 Å². The number of rotatable bonds is 10. The summed E-state index contributed by atoms with van der Waals surface area (Å²) in [6.45, 7) is 5.95. The Labute approximate surface area is 111 Å². The van der Waals surface area contributed by atoms with Crippen molar-refractivity contribution < 1.29 is 14.3 Å². The molecule has 0 bridgehead atoms. The van der Waals surface area contributed by atoms with Crippen molar-refractivity contribution in [3.05, 3.63) is 11.6 Å². The normalized spacial score (nSPS) is 9.94. The highest BCUT2D eigenvalue weighted by Gasteiger charge is 2.06. The van der Waals surface area contributed by atoms with Gasteiger partial charge in [-0.05, 0) is 20.3 Å². The number of allylic oxidation sites excluding steroid dienone is 1. The first-order valence-corrected chi connectivity index (χ1v) is 6.87. The maximum Gasteiger partial charge on any atom is 0.310 e. The molecule has 0 aliphatic rings. The van der Waals surface area contributed by atoms with E-state index >= 15 is 0 Å². The SMILES string of the molecule is CCCCCCCC(=O)COC(=O)CC=C(C)C. The highest BCUT2D eigenvalue weighted by atomic mass is 16.5. The summed E-state index contributed by atoms with van der Waals surface area (Å²) in [6, 6.07) is 0. The predicted molar refractivity (Wildman–Crippen MR) is 73.4 cm³/mol. The van der Waals surface area contributed by atoms with Crippen LogP contribution in [0.15, 0.2) is 11.6 Å². The van der Waals surface area contributed by atoms with Gasteiger partial charge in [0, 0.05) is 6.42 Å². The van der Waals surface area contributed by atoms with Crippen LogP contribution < -0.4 is 0 Å². The molecule has 0 amide bonds. The van der Waals surface area contributed by atoms with Gasteiger partial charge in [0.15, 0.2) is 5.78 Å². The average molecular weight is 254 g/mol. The molecule has 0 N–H and O–H groups in total. The minimum Gasteiger partial charge on any atom is -0.457 e. The van der Waals surface area contributed by atoms with Crippen molar-refractivity contribution in [1.82, 2.24) is 0 Å². The second-order valence-electron chi connectivity index (χ2n) is 4.85. The minimum atomic E-state index is -0.324. The molecule has 0 rings (SSSR count). The molecular formula is C15H26O3. The van der Waals surface area contributed by atoms with Crippen LogP contribution in [0.1, 0.15) is 65.7 Å². The molecule has 0 spiro atoms. The maximum atomic E-state index is 11.4. The first-order valence-electron chi connectivity index (χ1n) is 6.87. The van der Waals surface area contributed by atoms with Crippen LogP contribution in [0.3, 0.4) is 0 Å². The summed E-state index contributed by atoms with van der Waals surface area (Å²) >= 11 is 0. The molecule has 0 aromatic heterocycles. The molecule has 0 fully saturated rings. The Bertz CT molecular complexity index is 275. The summed E-state index contributed by atoms with van der Waals surface area (Å²) < 4.78 is 4.90. The molecule has 104 valence electrons. The topological polar surface area (TPSA) is 43.4 Å². The second-order valence-corrected chi connectivity index (χ2v) is 4.85. The molecule has 0 unspecified atom stereocenters. The van der Waals surface area contributed by atoms with E-state index in [0.29, 0.717) is 6.42 Å². The molecule has 0 aromatic carbocycles. The van der Waals surface area contributed by atoms with E-state index < -0.39 is 0 Å². The quantitative estimate of drug-likeness (QED) is 0.338. The van der Waals surface area contributed by atoms with Crippen LogP contribution in [-0.4, -0.2) is 18.4 Å². The Morgan fingerprint density at radius 2 is 1.72 bits per heavy atom. The first-order chi connectivity index (χ1) is 8.56. The van der Waals surface area contributed by atoms with Crippen molar-refractivity contribution in [2.24, 2.45) is 0 Å². The number of unbranched alkanes of at least 4 members (excludes halogenated alkanes) is 4. The zero-order valence-corrected chi connectivity index (χ0v) is 12.0. The molecule has 0 aromatic rings. The average Bonchev–Trinajstić information content (AvgIpc) is 2.33. The lowest BCUT2D eigenvalue weighted by atomic mass is 10.1. The van der Waals surface area contributed by atoms with E-state index in [4.69, 9.17) is 4.74 Å². The van der Waals surface area contributed by atoms with Crippen LogP contribution in [-0.2, 0) is 14.3 Å². The molecule has 0 aliphatic heterocycles. The van der Waals surface area contributed by atoms with Crippen molar-refractivity contribution in [3.8, 4) is 0 Å².